The molecule has 0 saturated heterocycles. The predicted molar refractivity (Wildman–Crippen MR) is 93.3 cm³/mol. The van der Waals surface area contributed by atoms with Crippen LogP contribution in [-0.2, 0) is 19.1 Å². The molecular formula is C19H36O4. The maximum atomic E-state index is 11.5. The summed E-state index contributed by atoms with van der Waals surface area (Å²) in [4.78, 5) is 22.9. The van der Waals surface area contributed by atoms with E-state index in [1.807, 2.05) is 0 Å². The van der Waals surface area contributed by atoms with Gasteiger partial charge in [-0.2, -0.15) is 0 Å². The summed E-state index contributed by atoms with van der Waals surface area (Å²) in [7, 11) is 0. The predicted octanol–water partition coefficient (Wildman–Crippen LogP) is 5.18. The molecule has 0 radical (unpaired) electrons. The van der Waals surface area contributed by atoms with E-state index in [1.54, 1.807) is 0 Å². The molecule has 0 aliphatic rings. The summed E-state index contributed by atoms with van der Waals surface area (Å²) in [5, 5.41) is 0. The van der Waals surface area contributed by atoms with Crippen LogP contribution in [0.2, 0.25) is 0 Å². The lowest BCUT2D eigenvalue weighted by atomic mass is 10.1. The van der Waals surface area contributed by atoms with Gasteiger partial charge in [-0.1, -0.05) is 58.8 Å². The average Bonchev–Trinajstić information content (AvgIpc) is 2.54. The summed E-state index contributed by atoms with van der Waals surface area (Å²) in [5.74, 6) is -0.229. The Hall–Kier alpha value is -1.06. The molecule has 136 valence electrons. The third-order valence-electron chi connectivity index (χ3n) is 3.78. The molecule has 0 saturated carbocycles. The van der Waals surface area contributed by atoms with Crippen LogP contribution in [0, 0.1) is 0 Å². The minimum atomic E-state index is -0.121. The molecule has 4 heteroatoms. The number of carbonyl (C=O) groups excluding carboxylic acids is 2. The Labute approximate surface area is 142 Å². The van der Waals surface area contributed by atoms with Gasteiger partial charge in [-0.25, -0.2) is 0 Å². The fourth-order valence-electron chi connectivity index (χ4n) is 2.26. The normalized spacial score (nSPS) is 10.5. The van der Waals surface area contributed by atoms with Gasteiger partial charge in [0, 0.05) is 12.8 Å². The van der Waals surface area contributed by atoms with Crippen LogP contribution in [0.25, 0.3) is 0 Å². The van der Waals surface area contributed by atoms with Crippen molar-refractivity contribution in [2.45, 2.75) is 97.3 Å². The molecule has 0 aromatic rings. The van der Waals surface area contributed by atoms with Gasteiger partial charge in [0.2, 0.25) is 0 Å². The van der Waals surface area contributed by atoms with Crippen molar-refractivity contribution in [3.05, 3.63) is 0 Å². The Bertz CT molecular complexity index is 289. The Morgan fingerprint density at radius 3 is 1.57 bits per heavy atom. The molecule has 0 N–H and O–H groups in total. The summed E-state index contributed by atoms with van der Waals surface area (Å²) in [6.45, 7) is 5.35. The Morgan fingerprint density at radius 2 is 1.00 bits per heavy atom. The quantitative estimate of drug-likeness (QED) is 0.289. The van der Waals surface area contributed by atoms with Gasteiger partial charge in [-0.15, -0.1) is 0 Å². The van der Waals surface area contributed by atoms with Gasteiger partial charge in [-0.3, -0.25) is 9.59 Å². The van der Waals surface area contributed by atoms with Gasteiger partial charge in [0.25, 0.3) is 0 Å². The van der Waals surface area contributed by atoms with E-state index >= 15 is 0 Å². The summed E-state index contributed by atoms with van der Waals surface area (Å²) < 4.78 is 10.3. The molecule has 23 heavy (non-hydrogen) atoms. The first-order valence-electron chi connectivity index (χ1n) is 9.52. The van der Waals surface area contributed by atoms with Crippen LogP contribution in [0.3, 0.4) is 0 Å². The van der Waals surface area contributed by atoms with Gasteiger partial charge < -0.3 is 9.47 Å². The zero-order valence-corrected chi connectivity index (χ0v) is 15.2. The van der Waals surface area contributed by atoms with Crippen molar-refractivity contribution in [1.82, 2.24) is 0 Å². The van der Waals surface area contributed by atoms with Crippen molar-refractivity contribution in [3.63, 3.8) is 0 Å². The summed E-state index contributed by atoms with van der Waals surface area (Å²) in [6.07, 6.45) is 12.5. The lowest BCUT2D eigenvalue weighted by Crippen LogP contribution is -2.07. The topological polar surface area (TPSA) is 52.6 Å². The van der Waals surface area contributed by atoms with E-state index in [0.717, 1.165) is 44.9 Å². The van der Waals surface area contributed by atoms with Crippen LogP contribution < -0.4 is 0 Å². The molecular weight excluding hydrogens is 292 g/mol. The van der Waals surface area contributed by atoms with E-state index in [-0.39, 0.29) is 11.9 Å². The van der Waals surface area contributed by atoms with Crippen LogP contribution in [0.4, 0.5) is 0 Å². The number of unbranched alkanes of at least 4 members (excludes halogenated alkanes) is 8. The number of rotatable bonds is 16. The molecule has 0 aliphatic carbocycles. The number of hydrogen-bond acceptors (Lipinski definition) is 4. The third-order valence-corrected chi connectivity index (χ3v) is 3.78. The highest BCUT2D eigenvalue weighted by Crippen LogP contribution is 2.07. The fraction of sp³-hybridized carbons (Fsp3) is 0.895. The highest BCUT2D eigenvalue weighted by Gasteiger charge is 2.05. The standard InChI is InChI=1S/C19H36O4/c1-3-5-7-8-9-13-17-23-19(21)15-12-10-11-14-18(20)22-16-6-4-2/h3-17H2,1-2H3. The Balaban J connectivity index is 3.28. The Kier molecular flexibility index (Phi) is 16.5. The number of ether oxygens (including phenoxy) is 2. The molecule has 0 heterocycles. The maximum Gasteiger partial charge on any atom is 0.305 e. The molecule has 0 fully saturated rings. The van der Waals surface area contributed by atoms with Gasteiger partial charge in [0.15, 0.2) is 0 Å². The molecule has 0 bridgehead atoms. The highest BCUT2D eigenvalue weighted by atomic mass is 16.5. The van der Waals surface area contributed by atoms with Gasteiger partial charge in [0.1, 0.15) is 0 Å². The van der Waals surface area contributed by atoms with Crippen LogP contribution in [0.15, 0.2) is 0 Å². The molecule has 4 nitrogen and oxygen atoms in total. The van der Waals surface area contributed by atoms with Crippen molar-refractivity contribution in [2.24, 2.45) is 0 Å². The van der Waals surface area contributed by atoms with Crippen molar-refractivity contribution < 1.29 is 19.1 Å². The summed E-state index contributed by atoms with van der Waals surface area (Å²) in [6, 6.07) is 0. The third kappa shape index (κ3) is 17.1. The minimum absolute atomic E-state index is 0.107. The zero-order valence-electron chi connectivity index (χ0n) is 15.2. The second-order valence-corrected chi connectivity index (χ2v) is 6.12. The molecule has 0 rings (SSSR count). The van der Waals surface area contributed by atoms with E-state index in [4.69, 9.17) is 9.47 Å². The van der Waals surface area contributed by atoms with E-state index in [0.29, 0.717) is 26.1 Å². The van der Waals surface area contributed by atoms with Crippen LogP contribution in [0.1, 0.15) is 97.3 Å². The van der Waals surface area contributed by atoms with Crippen molar-refractivity contribution >= 4 is 11.9 Å². The summed E-state index contributed by atoms with van der Waals surface area (Å²) >= 11 is 0. The molecule has 0 amide bonds. The average molecular weight is 328 g/mol. The second-order valence-electron chi connectivity index (χ2n) is 6.12. The molecule has 0 aromatic carbocycles. The zero-order chi connectivity index (χ0) is 17.2. The smallest absolute Gasteiger partial charge is 0.305 e. The van der Waals surface area contributed by atoms with Crippen LogP contribution >= 0.6 is 0 Å². The first-order valence-corrected chi connectivity index (χ1v) is 9.52. The SMILES string of the molecule is CCCCCCCCOC(=O)CCCCCC(=O)OCCCC. The van der Waals surface area contributed by atoms with E-state index in [2.05, 4.69) is 13.8 Å². The minimum Gasteiger partial charge on any atom is -0.466 e. The number of carbonyl (C=O) groups is 2. The second kappa shape index (κ2) is 17.3. The van der Waals surface area contributed by atoms with Crippen molar-refractivity contribution in [2.75, 3.05) is 13.2 Å². The van der Waals surface area contributed by atoms with Crippen LogP contribution in [0.5, 0.6) is 0 Å². The Morgan fingerprint density at radius 1 is 0.565 bits per heavy atom. The molecule has 0 aromatic heterocycles. The van der Waals surface area contributed by atoms with E-state index in [1.165, 1.54) is 25.7 Å². The number of hydrogen-bond donors (Lipinski definition) is 0. The first-order chi connectivity index (χ1) is 11.2. The monoisotopic (exact) mass is 328 g/mol. The van der Waals surface area contributed by atoms with Gasteiger partial charge >= 0.3 is 11.9 Å². The maximum absolute atomic E-state index is 11.5. The van der Waals surface area contributed by atoms with E-state index in [9.17, 15) is 9.59 Å². The fourth-order valence-corrected chi connectivity index (χ4v) is 2.26. The molecule has 0 spiro atoms. The molecule has 0 atom stereocenters. The van der Waals surface area contributed by atoms with Gasteiger partial charge in [-0.05, 0) is 25.7 Å². The van der Waals surface area contributed by atoms with Crippen molar-refractivity contribution in [1.29, 1.82) is 0 Å². The lowest BCUT2D eigenvalue weighted by Gasteiger charge is -2.05. The summed E-state index contributed by atoms with van der Waals surface area (Å²) in [5.41, 5.74) is 0. The molecule has 0 aliphatic heterocycles. The highest BCUT2D eigenvalue weighted by molar-refractivity contribution is 5.69. The lowest BCUT2D eigenvalue weighted by molar-refractivity contribution is -0.144. The largest absolute Gasteiger partial charge is 0.466 e. The van der Waals surface area contributed by atoms with Crippen molar-refractivity contribution in [3.8, 4) is 0 Å². The molecule has 0 unspecified atom stereocenters. The first kappa shape index (κ1) is 21.9. The van der Waals surface area contributed by atoms with E-state index < -0.39 is 0 Å². The van der Waals surface area contributed by atoms with Gasteiger partial charge in [0.05, 0.1) is 13.2 Å². The number of esters is 2. The van der Waals surface area contributed by atoms with Crippen LogP contribution in [-0.4, -0.2) is 25.2 Å².